The number of carbonyl (C=O) groups excluding carboxylic acids is 1. The fourth-order valence-corrected chi connectivity index (χ4v) is 2.34. The minimum Gasteiger partial charge on any atom is -0.326 e. The van der Waals surface area contributed by atoms with Gasteiger partial charge in [0.25, 0.3) is 0 Å². The van der Waals surface area contributed by atoms with Crippen LogP contribution in [0.25, 0.3) is 0 Å². The van der Waals surface area contributed by atoms with Crippen LogP contribution in [-0.2, 0) is 11.2 Å². The number of para-hydroxylation sites is 1. The summed E-state index contributed by atoms with van der Waals surface area (Å²) in [7, 11) is 0. The second-order valence-electron chi connectivity index (χ2n) is 5.30. The minimum atomic E-state index is 0.0731. The van der Waals surface area contributed by atoms with E-state index < -0.39 is 0 Å². The van der Waals surface area contributed by atoms with Gasteiger partial charge in [-0.1, -0.05) is 48.0 Å². The molecule has 0 bridgehead atoms. The van der Waals surface area contributed by atoms with Crippen LogP contribution in [0, 0.1) is 20.8 Å². The van der Waals surface area contributed by atoms with E-state index in [0.717, 1.165) is 23.2 Å². The van der Waals surface area contributed by atoms with Gasteiger partial charge in [-0.3, -0.25) is 4.79 Å². The van der Waals surface area contributed by atoms with Gasteiger partial charge in [-0.2, -0.15) is 0 Å². The van der Waals surface area contributed by atoms with Gasteiger partial charge in [0, 0.05) is 12.1 Å². The Kier molecular flexibility index (Phi) is 4.57. The highest BCUT2D eigenvalue weighted by Gasteiger charge is 2.07. The Hall–Kier alpha value is -2.09. The van der Waals surface area contributed by atoms with E-state index in [4.69, 9.17) is 0 Å². The van der Waals surface area contributed by atoms with Crippen LogP contribution >= 0.6 is 0 Å². The maximum absolute atomic E-state index is 12.1. The zero-order valence-electron chi connectivity index (χ0n) is 12.4. The smallest absolute Gasteiger partial charge is 0.224 e. The van der Waals surface area contributed by atoms with Crippen LogP contribution in [0.1, 0.15) is 28.7 Å². The number of carbonyl (C=O) groups is 1. The molecule has 1 amide bonds. The Bertz CT molecular complexity index is 596. The number of benzene rings is 2. The summed E-state index contributed by atoms with van der Waals surface area (Å²) in [5.41, 5.74) is 5.60. The second kappa shape index (κ2) is 6.38. The first-order valence-electron chi connectivity index (χ1n) is 6.98. The van der Waals surface area contributed by atoms with E-state index in [2.05, 4.69) is 30.4 Å². The number of hydrogen-bond donors (Lipinski definition) is 1. The molecular formula is C18H21NO. The molecule has 0 aromatic heterocycles. The highest BCUT2D eigenvalue weighted by atomic mass is 16.1. The van der Waals surface area contributed by atoms with E-state index in [-0.39, 0.29) is 5.91 Å². The molecule has 2 aromatic rings. The van der Waals surface area contributed by atoms with Crippen molar-refractivity contribution in [3.05, 3.63) is 64.7 Å². The Morgan fingerprint density at radius 1 is 1.00 bits per heavy atom. The molecular weight excluding hydrogens is 246 g/mol. The Morgan fingerprint density at radius 3 is 2.30 bits per heavy atom. The van der Waals surface area contributed by atoms with Crippen LogP contribution in [0.4, 0.5) is 5.69 Å². The van der Waals surface area contributed by atoms with Crippen LogP contribution in [0.3, 0.4) is 0 Å². The standard InChI is InChI=1S/C18H21NO/c1-13-6-4-9-16(12-13)10-11-17(20)19-18-14(2)7-5-8-15(18)3/h4-9,12H,10-11H2,1-3H3,(H,19,20). The summed E-state index contributed by atoms with van der Waals surface area (Å²) in [6.45, 7) is 6.10. The molecule has 2 nitrogen and oxygen atoms in total. The van der Waals surface area contributed by atoms with Gasteiger partial charge in [-0.05, 0) is 43.9 Å². The Balaban J connectivity index is 1.96. The van der Waals surface area contributed by atoms with Crippen molar-refractivity contribution in [2.75, 3.05) is 5.32 Å². The number of aryl methyl sites for hydroxylation is 4. The van der Waals surface area contributed by atoms with Crippen molar-refractivity contribution < 1.29 is 4.79 Å². The third-order valence-corrected chi connectivity index (χ3v) is 3.47. The van der Waals surface area contributed by atoms with Crippen molar-refractivity contribution in [3.63, 3.8) is 0 Å². The maximum Gasteiger partial charge on any atom is 0.224 e. The van der Waals surface area contributed by atoms with Crippen LogP contribution < -0.4 is 5.32 Å². The topological polar surface area (TPSA) is 29.1 Å². The zero-order chi connectivity index (χ0) is 14.5. The predicted octanol–water partition coefficient (Wildman–Crippen LogP) is 4.18. The van der Waals surface area contributed by atoms with Gasteiger partial charge in [0.15, 0.2) is 0 Å². The first-order valence-corrected chi connectivity index (χ1v) is 6.98. The average molecular weight is 267 g/mol. The summed E-state index contributed by atoms with van der Waals surface area (Å²) in [5.74, 6) is 0.0731. The molecule has 0 aliphatic heterocycles. The van der Waals surface area contributed by atoms with E-state index in [1.165, 1.54) is 11.1 Å². The number of amides is 1. The maximum atomic E-state index is 12.1. The molecule has 0 aliphatic carbocycles. The summed E-state index contributed by atoms with van der Waals surface area (Å²) in [6, 6.07) is 14.3. The van der Waals surface area contributed by atoms with Crippen LogP contribution in [-0.4, -0.2) is 5.91 Å². The quantitative estimate of drug-likeness (QED) is 0.884. The molecule has 0 heterocycles. The van der Waals surface area contributed by atoms with Crippen molar-refractivity contribution >= 4 is 11.6 Å². The van der Waals surface area contributed by atoms with Crippen molar-refractivity contribution in [2.24, 2.45) is 0 Å². The number of anilines is 1. The molecule has 0 saturated heterocycles. The Morgan fingerprint density at radius 2 is 1.65 bits per heavy atom. The van der Waals surface area contributed by atoms with E-state index in [1.807, 2.05) is 38.1 Å². The molecule has 20 heavy (non-hydrogen) atoms. The third kappa shape index (κ3) is 3.70. The molecule has 0 aliphatic rings. The predicted molar refractivity (Wildman–Crippen MR) is 84.0 cm³/mol. The normalized spacial score (nSPS) is 10.3. The lowest BCUT2D eigenvalue weighted by Crippen LogP contribution is -2.14. The van der Waals surface area contributed by atoms with Crippen LogP contribution in [0.2, 0.25) is 0 Å². The number of rotatable bonds is 4. The molecule has 0 atom stereocenters. The molecule has 0 saturated carbocycles. The molecule has 1 N–H and O–H groups in total. The summed E-state index contributed by atoms with van der Waals surface area (Å²) in [6.07, 6.45) is 1.29. The van der Waals surface area contributed by atoms with Gasteiger partial charge in [-0.15, -0.1) is 0 Å². The SMILES string of the molecule is Cc1cccc(CCC(=O)Nc2c(C)cccc2C)c1. The van der Waals surface area contributed by atoms with Crippen LogP contribution in [0.15, 0.2) is 42.5 Å². The molecule has 104 valence electrons. The summed E-state index contributed by atoms with van der Waals surface area (Å²) in [4.78, 5) is 12.1. The van der Waals surface area contributed by atoms with Crippen molar-refractivity contribution in [2.45, 2.75) is 33.6 Å². The van der Waals surface area contributed by atoms with Crippen LogP contribution in [0.5, 0.6) is 0 Å². The summed E-state index contributed by atoms with van der Waals surface area (Å²) >= 11 is 0. The van der Waals surface area contributed by atoms with Gasteiger partial charge in [0.1, 0.15) is 0 Å². The van der Waals surface area contributed by atoms with E-state index in [0.29, 0.717) is 6.42 Å². The van der Waals surface area contributed by atoms with E-state index in [9.17, 15) is 4.79 Å². The fourth-order valence-electron chi connectivity index (χ4n) is 2.34. The van der Waals surface area contributed by atoms with Crippen molar-refractivity contribution in [3.8, 4) is 0 Å². The van der Waals surface area contributed by atoms with E-state index in [1.54, 1.807) is 0 Å². The first-order chi connectivity index (χ1) is 9.56. The highest BCUT2D eigenvalue weighted by Crippen LogP contribution is 2.19. The molecule has 2 rings (SSSR count). The number of hydrogen-bond acceptors (Lipinski definition) is 1. The molecule has 0 fully saturated rings. The minimum absolute atomic E-state index is 0.0731. The van der Waals surface area contributed by atoms with Gasteiger partial charge < -0.3 is 5.32 Å². The van der Waals surface area contributed by atoms with E-state index >= 15 is 0 Å². The highest BCUT2D eigenvalue weighted by molar-refractivity contribution is 5.92. The lowest BCUT2D eigenvalue weighted by Gasteiger charge is -2.11. The second-order valence-corrected chi connectivity index (χ2v) is 5.30. The van der Waals surface area contributed by atoms with Crippen molar-refractivity contribution in [1.29, 1.82) is 0 Å². The molecule has 2 aromatic carbocycles. The zero-order valence-corrected chi connectivity index (χ0v) is 12.4. The number of nitrogens with one attached hydrogen (secondary N) is 1. The average Bonchev–Trinajstić information content (AvgIpc) is 2.41. The lowest BCUT2D eigenvalue weighted by atomic mass is 10.1. The summed E-state index contributed by atoms with van der Waals surface area (Å²) < 4.78 is 0. The molecule has 0 radical (unpaired) electrons. The Labute approximate surface area is 120 Å². The molecule has 2 heteroatoms. The summed E-state index contributed by atoms with van der Waals surface area (Å²) in [5, 5.41) is 3.02. The molecule has 0 unspecified atom stereocenters. The monoisotopic (exact) mass is 267 g/mol. The largest absolute Gasteiger partial charge is 0.326 e. The van der Waals surface area contributed by atoms with Crippen molar-refractivity contribution in [1.82, 2.24) is 0 Å². The molecule has 0 spiro atoms. The van der Waals surface area contributed by atoms with Gasteiger partial charge in [0.05, 0.1) is 0 Å². The van der Waals surface area contributed by atoms with Gasteiger partial charge >= 0.3 is 0 Å². The fraction of sp³-hybridized carbons (Fsp3) is 0.278. The first kappa shape index (κ1) is 14.3. The lowest BCUT2D eigenvalue weighted by molar-refractivity contribution is -0.116. The van der Waals surface area contributed by atoms with Gasteiger partial charge in [-0.25, -0.2) is 0 Å². The third-order valence-electron chi connectivity index (χ3n) is 3.47. The van der Waals surface area contributed by atoms with Gasteiger partial charge in [0.2, 0.25) is 5.91 Å².